The molecule has 1 atom stereocenters. The summed E-state index contributed by atoms with van der Waals surface area (Å²) in [6.07, 6.45) is 0.761. The van der Waals surface area contributed by atoms with E-state index in [0.29, 0.717) is 13.1 Å². The Morgan fingerprint density at radius 1 is 0.833 bits per heavy atom. The summed E-state index contributed by atoms with van der Waals surface area (Å²) in [4.78, 5) is 23.5. The van der Waals surface area contributed by atoms with Crippen molar-refractivity contribution in [3.05, 3.63) is 34.9 Å². The topological polar surface area (TPSA) is 84.2 Å². The molecule has 1 aromatic carbocycles. The van der Waals surface area contributed by atoms with Crippen molar-refractivity contribution in [1.82, 2.24) is 10.6 Å². The number of hydrogen-bond donors (Lipinski definition) is 3. The average molecular weight is 333 g/mol. The Kier molecular flexibility index (Phi) is 7.92. The highest BCUT2D eigenvalue weighted by Gasteiger charge is 2.10. The van der Waals surface area contributed by atoms with E-state index in [9.17, 15) is 9.59 Å². The molecule has 0 aliphatic heterocycles. The van der Waals surface area contributed by atoms with E-state index < -0.39 is 0 Å². The first-order valence-electron chi connectivity index (χ1n) is 8.61. The van der Waals surface area contributed by atoms with E-state index >= 15 is 0 Å². The number of carbonyl (C=O) groups is 2. The van der Waals surface area contributed by atoms with E-state index in [1.54, 1.807) is 0 Å². The molecule has 0 spiro atoms. The predicted molar refractivity (Wildman–Crippen MR) is 97.2 cm³/mol. The number of amides is 2. The Labute approximate surface area is 145 Å². The maximum absolute atomic E-state index is 11.8. The zero-order chi connectivity index (χ0) is 18.3. The molecule has 0 saturated heterocycles. The molecule has 24 heavy (non-hydrogen) atoms. The Balaban J connectivity index is 2.86. The third kappa shape index (κ3) is 7.13. The minimum absolute atomic E-state index is 0.0299. The molecule has 1 unspecified atom stereocenters. The summed E-state index contributed by atoms with van der Waals surface area (Å²) in [5, 5.41) is 5.86. The van der Waals surface area contributed by atoms with Crippen LogP contribution in [0, 0.1) is 11.8 Å². The van der Waals surface area contributed by atoms with Gasteiger partial charge in [-0.15, -0.1) is 0 Å². The molecule has 5 nitrogen and oxygen atoms in total. The first kappa shape index (κ1) is 20.2. The van der Waals surface area contributed by atoms with Crippen LogP contribution in [0.25, 0.3) is 0 Å². The van der Waals surface area contributed by atoms with Crippen LogP contribution in [0.2, 0.25) is 0 Å². The number of benzene rings is 1. The van der Waals surface area contributed by atoms with Crippen LogP contribution in [0.1, 0.15) is 51.3 Å². The van der Waals surface area contributed by atoms with Crippen LogP contribution in [-0.2, 0) is 29.1 Å². The maximum atomic E-state index is 11.8. The van der Waals surface area contributed by atoms with Gasteiger partial charge >= 0.3 is 0 Å². The minimum atomic E-state index is -0.0398. The molecule has 0 fully saturated rings. The fraction of sp³-hybridized carbons (Fsp3) is 0.579. The second-order valence-electron chi connectivity index (χ2n) is 7.08. The molecule has 0 radical (unpaired) electrons. The van der Waals surface area contributed by atoms with Crippen molar-refractivity contribution in [2.45, 2.75) is 60.2 Å². The molecule has 4 N–H and O–H groups in total. The van der Waals surface area contributed by atoms with E-state index in [4.69, 9.17) is 5.73 Å². The third-order valence-electron chi connectivity index (χ3n) is 3.65. The summed E-state index contributed by atoms with van der Waals surface area (Å²) in [6.45, 7) is 10.4. The van der Waals surface area contributed by atoms with Crippen LogP contribution in [-0.4, -0.2) is 17.9 Å². The number of nitrogens with one attached hydrogen (secondary N) is 2. The van der Waals surface area contributed by atoms with Gasteiger partial charge in [0.2, 0.25) is 11.8 Å². The van der Waals surface area contributed by atoms with E-state index in [1.807, 2.05) is 40.7 Å². The molecule has 1 rings (SSSR count). The summed E-state index contributed by atoms with van der Waals surface area (Å²) in [7, 11) is 0. The molecule has 0 heterocycles. The van der Waals surface area contributed by atoms with Gasteiger partial charge in [-0.3, -0.25) is 9.59 Å². The highest BCUT2D eigenvalue weighted by atomic mass is 16.2. The number of carbonyl (C=O) groups excluding carboxylic acids is 2. The lowest BCUT2D eigenvalue weighted by atomic mass is 10.0. The van der Waals surface area contributed by atoms with Crippen molar-refractivity contribution >= 4 is 11.8 Å². The number of rotatable bonds is 8. The summed E-state index contributed by atoms with van der Waals surface area (Å²) in [5.41, 5.74) is 9.08. The van der Waals surface area contributed by atoms with Crippen LogP contribution in [0.3, 0.4) is 0 Å². The van der Waals surface area contributed by atoms with Crippen molar-refractivity contribution in [2.24, 2.45) is 17.6 Å². The van der Waals surface area contributed by atoms with Crippen molar-refractivity contribution in [3.63, 3.8) is 0 Å². The van der Waals surface area contributed by atoms with E-state index in [-0.39, 0.29) is 29.7 Å². The molecule has 1 aromatic rings. The summed E-state index contributed by atoms with van der Waals surface area (Å²) in [5.74, 6) is -0.0198. The smallest absolute Gasteiger partial charge is 0.222 e. The standard InChI is InChI=1S/C19H31N3O2/c1-12(2)18(23)21-10-16-7-15(6-14(5)20)8-17(9-16)11-22-19(24)13(3)4/h7-9,12-14H,6,10-11,20H2,1-5H3,(H,21,23)(H,22,24). The molecule has 0 aromatic heterocycles. The molecule has 5 heteroatoms. The van der Waals surface area contributed by atoms with Crippen molar-refractivity contribution in [3.8, 4) is 0 Å². The van der Waals surface area contributed by atoms with Crippen LogP contribution >= 0.6 is 0 Å². The summed E-state index contributed by atoms with van der Waals surface area (Å²) >= 11 is 0. The van der Waals surface area contributed by atoms with Crippen LogP contribution in [0.15, 0.2) is 18.2 Å². The van der Waals surface area contributed by atoms with E-state index in [0.717, 1.165) is 23.1 Å². The van der Waals surface area contributed by atoms with Gasteiger partial charge in [-0.2, -0.15) is 0 Å². The lowest BCUT2D eigenvalue weighted by molar-refractivity contribution is -0.124. The molecule has 2 amide bonds. The largest absolute Gasteiger partial charge is 0.352 e. The lowest BCUT2D eigenvalue weighted by Crippen LogP contribution is -2.28. The maximum Gasteiger partial charge on any atom is 0.222 e. The molecular formula is C19H31N3O2. The van der Waals surface area contributed by atoms with Crippen molar-refractivity contribution < 1.29 is 9.59 Å². The molecular weight excluding hydrogens is 302 g/mol. The average Bonchev–Trinajstić information content (AvgIpc) is 2.49. The lowest BCUT2D eigenvalue weighted by Gasteiger charge is -2.14. The molecule has 0 aliphatic rings. The second kappa shape index (κ2) is 9.42. The number of hydrogen-bond acceptors (Lipinski definition) is 3. The molecule has 0 bridgehead atoms. The van der Waals surface area contributed by atoms with Crippen molar-refractivity contribution in [1.29, 1.82) is 0 Å². The minimum Gasteiger partial charge on any atom is -0.352 e. The molecule has 134 valence electrons. The van der Waals surface area contributed by atoms with Crippen LogP contribution < -0.4 is 16.4 Å². The second-order valence-corrected chi connectivity index (χ2v) is 7.08. The summed E-state index contributed by atoms with van der Waals surface area (Å²) in [6, 6.07) is 6.21. The van der Waals surface area contributed by atoms with Crippen LogP contribution in [0.4, 0.5) is 0 Å². The Morgan fingerprint density at radius 2 is 1.21 bits per heavy atom. The Bertz CT molecular complexity index is 523. The first-order chi connectivity index (χ1) is 11.2. The van der Waals surface area contributed by atoms with Gasteiger partial charge in [-0.05, 0) is 30.0 Å². The van der Waals surface area contributed by atoms with Gasteiger partial charge in [0.1, 0.15) is 0 Å². The van der Waals surface area contributed by atoms with Gasteiger partial charge in [-0.25, -0.2) is 0 Å². The zero-order valence-corrected chi connectivity index (χ0v) is 15.5. The zero-order valence-electron chi connectivity index (χ0n) is 15.5. The fourth-order valence-electron chi connectivity index (χ4n) is 2.32. The Hall–Kier alpha value is -1.88. The van der Waals surface area contributed by atoms with Gasteiger partial charge < -0.3 is 16.4 Å². The molecule has 0 aliphatic carbocycles. The predicted octanol–water partition coefficient (Wildman–Crippen LogP) is 2.12. The van der Waals surface area contributed by atoms with Crippen molar-refractivity contribution in [2.75, 3.05) is 0 Å². The quantitative estimate of drug-likeness (QED) is 0.681. The van der Waals surface area contributed by atoms with Gasteiger partial charge in [0.25, 0.3) is 0 Å². The first-order valence-corrected chi connectivity index (χ1v) is 8.61. The van der Waals surface area contributed by atoms with Gasteiger partial charge in [0.05, 0.1) is 0 Å². The van der Waals surface area contributed by atoms with Crippen LogP contribution in [0.5, 0.6) is 0 Å². The fourth-order valence-corrected chi connectivity index (χ4v) is 2.32. The van der Waals surface area contributed by atoms with Gasteiger partial charge in [0, 0.05) is 31.0 Å². The summed E-state index contributed by atoms with van der Waals surface area (Å²) < 4.78 is 0. The van der Waals surface area contributed by atoms with E-state index in [1.165, 1.54) is 0 Å². The van der Waals surface area contributed by atoms with Gasteiger partial charge in [0.15, 0.2) is 0 Å². The highest BCUT2D eigenvalue weighted by Crippen LogP contribution is 2.13. The van der Waals surface area contributed by atoms with E-state index in [2.05, 4.69) is 22.8 Å². The Morgan fingerprint density at radius 3 is 1.54 bits per heavy atom. The van der Waals surface area contributed by atoms with Gasteiger partial charge in [-0.1, -0.05) is 45.9 Å². The SMILES string of the molecule is CC(N)Cc1cc(CNC(=O)C(C)C)cc(CNC(=O)C(C)C)c1. The normalized spacial score (nSPS) is 12.3. The highest BCUT2D eigenvalue weighted by molar-refractivity contribution is 5.78. The number of nitrogens with two attached hydrogens (primary N) is 1. The molecule has 0 saturated carbocycles. The third-order valence-corrected chi connectivity index (χ3v) is 3.65. The monoisotopic (exact) mass is 333 g/mol.